The van der Waals surface area contributed by atoms with Crippen LogP contribution in [0.5, 0.6) is 0 Å². The van der Waals surface area contributed by atoms with Gasteiger partial charge in [-0.05, 0) is 40.3 Å². The molecule has 0 aromatic rings. The summed E-state index contributed by atoms with van der Waals surface area (Å²) in [6.07, 6.45) is 2.25. The summed E-state index contributed by atoms with van der Waals surface area (Å²) in [5.41, 5.74) is 0. The second-order valence-corrected chi connectivity index (χ2v) is 5.56. The van der Waals surface area contributed by atoms with E-state index in [1.807, 2.05) is 13.8 Å². The summed E-state index contributed by atoms with van der Waals surface area (Å²) in [6, 6.07) is 0.0536. The van der Waals surface area contributed by atoms with E-state index in [0.29, 0.717) is 12.6 Å². The Kier molecular flexibility index (Phi) is 5.60. The predicted octanol–water partition coefficient (Wildman–Crippen LogP) is 0.927. The zero-order chi connectivity index (χ0) is 14.6. The lowest BCUT2D eigenvalue weighted by atomic mass is 10.2. The molecular formula is C13H25N3O3. The van der Waals surface area contributed by atoms with Crippen molar-refractivity contribution in [1.82, 2.24) is 14.7 Å². The monoisotopic (exact) mass is 271 g/mol. The van der Waals surface area contributed by atoms with Crippen LogP contribution in [0.15, 0.2) is 0 Å². The number of rotatable bonds is 5. The Balaban J connectivity index is 2.60. The van der Waals surface area contributed by atoms with E-state index in [-0.39, 0.29) is 18.6 Å². The van der Waals surface area contributed by atoms with Gasteiger partial charge in [0.2, 0.25) is 0 Å². The summed E-state index contributed by atoms with van der Waals surface area (Å²) in [6.45, 7) is 5.13. The van der Waals surface area contributed by atoms with E-state index in [2.05, 4.69) is 11.9 Å². The van der Waals surface area contributed by atoms with E-state index in [4.69, 9.17) is 5.11 Å². The molecule has 1 aliphatic rings. The highest BCUT2D eigenvalue weighted by Crippen LogP contribution is 2.16. The van der Waals surface area contributed by atoms with Crippen molar-refractivity contribution in [3.05, 3.63) is 0 Å². The Morgan fingerprint density at radius 3 is 2.47 bits per heavy atom. The predicted molar refractivity (Wildman–Crippen MR) is 73.2 cm³/mol. The molecule has 6 heteroatoms. The van der Waals surface area contributed by atoms with Crippen LogP contribution in [0, 0.1) is 0 Å². The van der Waals surface area contributed by atoms with Gasteiger partial charge >= 0.3 is 12.0 Å². The molecule has 1 aliphatic heterocycles. The van der Waals surface area contributed by atoms with E-state index >= 15 is 0 Å². The smallest absolute Gasteiger partial charge is 0.323 e. The number of aliphatic carboxylic acids is 1. The Bertz CT molecular complexity index is 333. The number of hydrogen-bond acceptors (Lipinski definition) is 3. The fourth-order valence-electron chi connectivity index (χ4n) is 2.44. The average Bonchev–Trinajstić information content (AvgIpc) is 2.70. The van der Waals surface area contributed by atoms with Crippen LogP contribution in [0.2, 0.25) is 0 Å². The third-order valence-corrected chi connectivity index (χ3v) is 3.66. The van der Waals surface area contributed by atoms with Gasteiger partial charge in [-0.3, -0.25) is 4.79 Å². The molecule has 0 saturated carbocycles. The molecule has 1 N–H and O–H groups in total. The molecule has 110 valence electrons. The Labute approximate surface area is 115 Å². The third-order valence-electron chi connectivity index (χ3n) is 3.66. The molecule has 0 spiro atoms. The molecule has 0 aromatic heterocycles. The molecule has 0 aromatic carbocycles. The molecule has 1 rings (SSSR count). The number of likely N-dealkylation sites (tertiary alicyclic amines) is 1. The normalized spacial score (nSPS) is 19.7. The van der Waals surface area contributed by atoms with Gasteiger partial charge in [0.05, 0.1) is 0 Å². The first-order valence-corrected chi connectivity index (χ1v) is 6.76. The van der Waals surface area contributed by atoms with Crippen molar-refractivity contribution < 1.29 is 14.7 Å². The Morgan fingerprint density at radius 1 is 1.42 bits per heavy atom. The number of carbonyl (C=O) groups excluding carboxylic acids is 1. The molecule has 0 radical (unpaired) electrons. The van der Waals surface area contributed by atoms with Crippen LogP contribution in [0.1, 0.15) is 26.7 Å². The lowest BCUT2D eigenvalue weighted by Crippen LogP contribution is -2.50. The number of hydrogen-bond donors (Lipinski definition) is 1. The quantitative estimate of drug-likeness (QED) is 0.808. The summed E-state index contributed by atoms with van der Waals surface area (Å²) in [7, 11) is 3.80. The summed E-state index contributed by atoms with van der Waals surface area (Å²) >= 11 is 0. The van der Waals surface area contributed by atoms with Crippen LogP contribution in [-0.2, 0) is 4.79 Å². The van der Waals surface area contributed by atoms with Crippen molar-refractivity contribution in [3.63, 3.8) is 0 Å². The average molecular weight is 271 g/mol. The molecule has 0 bridgehead atoms. The van der Waals surface area contributed by atoms with E-state index in [0.717, 1.165) is 19.4 Å². The number of carbonyl (C=O) groups is 2. The minimum atomic E-state index is -0.978. The maximum absolute atomic E-state index is 12.3. The second-order valence-electron chi connectivity index (χ2n) is 5.56. The number of carboxylic acids is 1. The summed E-state index contributed by atoms with van der Waals surface area (Å²) < 4.78 is 0. The lowest BCUT2D eigenvalue weighted by molar-refractivity contribution is -0.138. The zero-order valence-corrected chi connectivity index (χ0v) is 12.3. The maximum Gasteiger partial charge on any atom is 0.323 e. The highest BCUT2D eigenvalue weighted by Gasteiger charge is 2.27. The van der Waals surface area contributed by atoms with Crippen molar-refractivity contribution >= 4 is 12.0 Å². The highest BCUT2D eigenvalue weighted by molar-refractivity contribution is 5.80. The van der Waals surface area contributed by atoms with Gasteiger partial charge in [0.1, 0.15) is 6.54 Å². The van der Waals surface area contributed by atoms with Crippen molar-refractivity contribution in [3.8, 4) is 0 Å². The third kappa shape index (κ3) is 4.38. The van der Waals surface area contributed by atoms with E-state index in [9.17, 15) is 9.59 Å². The van der Waals surface area contributed by atoms with Crippen molar-refractivity contribution in [2.24, 2.45) is 0 Å². The van der Waals surface area contributed by atoms with Gasteiger partial charge in [0.25, 0.3) is 0 Å². The minimum absolute atomic E-state index is 0.118. The van der Waals surface area contributed by atoms with Gasteiger partial charge in [-0.15, -0.1) is 0 Å². The molecule has 1 unspecified atom stereocenters. The van der Waals surface area contributed by atoms with Gasteiger partial charge in [-0.1, -0.05) is 0 Å². The number of urea groups is 1. The maximum atomic E-state index is 12.3. The SMILES string of the molecule is CC(C)N(CC(=O)O)C(=O)N(C)CC1CCCN1C. The van der Waals surface area contributed by atoms with E-state index < -0.39 is 5.97 Å². The van der Waals surface area contributed by atoms with Crippen LogP contribution >= 0.6 is 0 Å². The largest absolute Gasteiger partial charge is 0.480 e. The first kappa shape index (κ1) is 15.8. The molecule has 1 atom stereocenters. The molecule has 19 heavy (non-hydrogen) atoms. The number of amides is 2. The summed E-state index contributed by atoms with van der Waals surface area (Å²) in [5.74, 6) is -0.978. The molecule has 6 nitrogen and oxygen atoms in total. The number of nitrogens with zero attached hydrogens (tertiary/aromatic N) is 3. The van der Waals surface area contributed by atoms with Crippen molar-refractivity contribution in [2.75, 3.05) is 33.7 Å². The second kappa shape index (κ2) is 6.75. The van der Waals surface area contributed by atoms with Gasteiger partial charge in [0, 0.05) is 25.7 Å². The molecule has 1 saturated heterocycles. The summed E-state index contributed by atoms with van der Waals surface area (Å²) in [4.78, 5) is 28.4. The fraction of sp³-hybridized carbons (Fsp3) is 0.846. The first-order chi connectivity index (χ1) is 8.82. The Morgan fingerprint density at radius 2 is 2.05 bits per heavy atom. The minimum Gasteiger partial charge on any atom is -0.480 e. The zero-order valence-electron chi connectivity index (χ0n) is 12.3. The molecule has 2 amide bonds. The van der Waals surface area contributed by atoms with Crippen LogP contribution < -0.4 is 0 Å². The molecular weight excluding hydrogens is 246 g/mol. The Hall–Kier alpha value is -1.30. The van der Waals surface area contributed by atoms with Crippen molar-refractivity contribution in [1.29, 1.82) is 0 Å². The van der Waals surface area contributed by atoms with E-state index in [1.54, 1.807) is 11.9 Å². The molecule has 1 fully saturated rings. The highest BCUT2D eigenvalue weighted by atomic mass is 16.4. The van der Waals surface area contributed by atoms with Crippen molar-refractivity contribution in [2.45, 2.75) is 38.8 Å². The van der Waals surface area contributed by atoms with Crippen LogP contribution in [0.4, 0.5) is 4.79 Å². The number of likely N-dealkylation sites (N-methyl/N-ethyl adjacent to an activating group) is 2. The van der Waals surface area contributed by atoms with Gasteiger partial charge in [-0.2, -0.15) is 0 Å². The van der Waals surface area contributed by atoms with Gasteiger partial charge in [-0.25, -0.2) is 4.79 Å². The molecule has 1 heterocycles. The lowest BCUT2D eigenvalue weighted by Gasteiger charge is -2.32. The van der Waals surface area contributed by atoms with Gasteiger partial charge in [0.15, 0.2) is 0 Å². The van der Waals surface area contributed by atoms with Crippen LogP contribution in [-0.4, -0.2) is 77.6 Å². The number of carboxylic acid groups (broad SMARTS) is 1. The van der Waals surface area contributed by atoms with Gasteiger partial charge < -0.3 is 19.8 Å². The first-order valence-electron chi connectivity index (χ1n) is 6.76. The standard InChI is InChI=1S/C13H25N3O3/c1-10(2)16(9-12(17)18)13(19)15(4)8-11-6-5-7-14(11)3/h10-11H,5-9H2,1-4H3,(H,17,18). The van der Waals surface area contributed by atoms with Crippen LogP contribution in [0.25, 0.3) is 0 Å². The van der Waals surface area contributed by atoms with E-state index in [1.165, 1.54) is 4.90 Å². The topological polar surface area (TPSA) is 64.1 Å². The van der Waals surface area contributed by atoms with Crippen LogP contribution in [0.3, 0.4) is 0 Å². The molecule has 0 aliphatic carbocycles. The fourth-order valence-corrected chi connectivity index (χ4v) is 2.44. The summed E-state index contributed by atoms with van der Waals surface area (Å²) in [5, 5.41) is 8.87.